The van der Waals surface area contributed by atoms with Crippen molar-refractivity contribution >= 4 is 5.97 Å². The first kappa shape index (κ1) is 17.2. The lowest BCUT2D eigenvalue weighted by Crippen LogP contribution is -1.95. The minimum absolute atomic E-state index is 0.478. The maximum absolute atomic E-state index is 10.5. The highest BCUT2D eigenvalue weighted by atomic mass is 16.4. The van der Waals surface area contributed by atoms with Crippen molar-refractivity contribution in [2.24, 2.45) is 0 Å². The highest BCUT2D eigenvalue weighted by Gasteiger charge is 1.97. The molecule has 0 aromatic carbocycles. The summed E-state index contributed by atoms with van der Waals surface area (Å²) < 4.78 is 0. The molecule has 2 heteroatoms. The van der Waals surface area contributed by atoms with Gasteiger partial charge < -0.3 is 5.11 Å². The quantitative estimate of drug-likeness (QED) is 0.377. The Labute approximate surface area is 112 Å². The van der Waals surface area contributed by atoms with Crippen LogP contribution in [0.4, 0.5) is 0 Å². The Morgan fingerprint density at radius 2 is 1.33 bits per heavy atom. The molecule has 0 bridgehead atoms. The summed E-state index contributed by atoms with van der Waals surface area (Å²) in [5.41, 5.74) is 0.478. The lowest BCUT2D eigenvalue weighted by atomic mass is 10.1. The number of allylic oxidation sites excluding steroid dienone is 1. The second kappa shape index (κ2) is 12.7. The summed E-state index contributed by atoms with van der Waals surface area (Å²) in [7, 11) is 0. The fourth-order valence-corrected chi connectivity index (χ4v) is 2.04. The van der Waals surface area contributed by atoms with E-state index in [-0.39, 0.29) is 0 Å². The lowest BCUT2D eigenvalue weighted by Gasteiger charge is -2.01. The van der Waals surface area contributed by atoms with E-state index >= 15 is 0 Å². The Morgan fingerprint density at radius 3 is 1.78 bits per heavy atom. The second-order valence-corrected chi connectivity index (χ2v) is 5.16. The first-order valence-electron chi connectivity index (χ1n) is 7.58. The van der Waals surface area contributed by atoms with Gasteiger partial charge in [-0.1, -0.05) is 70.8 Å². The van der Waals surface area contributed by atoms with Gasteiger partial charge in [0.1, 0.15) is 0 Å². The van der Waals surface area contributed by atoms with E-state index in [4.69, 9.17) is 5.11 Å². The molecule has 0 unspecified atom stereocenters. The zero-order valence-corrected chi connectivity index (χ0v) is 12.2. The Balaban J connectivity index is 3.17. The van der Waals surface area contributed by atoms with E-state index < -0.39 is 5.97 Å². The highest BCUT2D eigenvalue weighted by molar-refractivity contribution is 5.85. The molecule has 18 heavy (non-hydrogen) atoms. The molecule has 1 N–H and O–H groups in total. The first-order valence-corrected chi connectivity index (χ1v) is 7.58. The predicted molar refractivity (Wildman–Crippen MR) is 77.9 cm³/mol. The zero-order valence-electron chi connectivity index (χ0n) is 12.2. The first-order chi connectivity index (χ1) is 8.68. The maximum atomic E-state index is 10.5. The van der Waals surface area contributed by atoms with Gasteiger partial charge >= 0.3 is 5.97 Å². The van der Waals surface area contributed by atoms with Crippen molar-refractivity contribution in [3.63, 3.8) is 0 Å². The van der Waals surface area contributed by atoms with Crippen molar-refractivity contribution in [2.75, 3.05) is 0 Å². The fraction of sp³-hybridized carbons (Fsp3) is 0.812. The summed E-state index contributed by atoms with van der Waals surface area (Å²) in [5.74, 6) is -0.790. The molecule has 0 aromatic heterocycles. The molecule has 0 aliphatic rings. The smallest absolute Gasteiger partial charge is 0.330 e. The van der Waals surface area contributed by atoms with Crippen LogP contribution in [0.1, 0.15) is 84.5 Å². The van der Waals surface area contributed by atoms with Crippen LogP contribution in [0.3, 0.4) is 0 Å². The SMILES string of the molecule is CCCCCCCCCCCC/C=C(\C)C(=O)O. The van der Waals surface area contributed by atoms with Crippen molar-refractivity contribution in [1.29, 1.82) is 0 Å². The van der Waals surface area contributed by atoms with E-state index in [0.717, 1.165) is 12.8 Å². The van der Waals surface area contributed by atoms with Crippen LogP contribution in [0.25, 0.3) is 0 Å². The van der Waals surface area contributed by atoms with Crippen LogP contribution in [0, 0.1) is 0 Å². The van der Waals surface area contributed by atoms with Gasteiger partial charge in [-0.15, -0.1) is 0 Å². The number of rotatable bonds is 12. The number of hydrogen-bond donors (Lipinski definition) is 1. The highest BCUT2D eigenvalue weighted by Crippen LogP contribution is 2.11. The van der Waals surface area contributed by atoms with Crippen molar-refractivity contribution in [1.82, 2.24) is 0 Å². The molecule has 0 spiro atoms. The van der Waals surface area contributed by atoms with Crippen LogP contribution in [0.2, 0.25) is 0 Å². The van der Waals surface area contributed by atoms with Gasteiger partial charge in [0.2, 0.25) is 0 Å². The van der Waals surface area contributed by atoms with Crippen molar-refractivity contribution in [3.05, 3.63) is 11.6 Å². The van der Waals surface area contributed by atoms with Gasteiger partial charge in [-0.25, -0.2) is 4.79 Å². The van der Waals surface area contributed by atoms with E-state index in [1.165, 1.54) is 57.8 Å². The van der Waals surface area contributed by atoms with Gasteiger partial charge in [-0.05, 0) is 19.8 Å². The topological polar surface area (TPSA) is 37.3 Å². The summed E-state index contributed by atoms with van der Waals surface area (Å²) in [5, 5.41) is 8.68. The van der Waals surface area contributed by atoms with E-state index in [2.05, 4.69) is 6.92 Å². The standard InChI is InChI=1S/C16H30O2/c1-3-4-5-6-7-8-9-10-11-12-13-14-15(2)16(17)18/h14H,3-13H2,1-2H3,(H,17,18)/b15-14+. The van der Waals surface area contributed by atoms with Crippen molar-refractivity contribution in [3.8, 4) is 0 Å². The number of carboxylic acid groups (broad SMARTS) is 1. The van der Waals surface area contributed by atoms with Crippen LogP contribution < -0.4 is 0 Å². The molecule has 0 aromatic rings. The number of carbonyl (C=O) groups is 1. The minimum Gasteiger partial charge on any atom is -0.478 e. The van der Waals surface area contributed by atoms with E-state index in [0.29, 0.717) is 5.57 Å². The van der Waals surface area contributed by atoms with Crippen LogP contribution in [0.5, 0.6) is 0 Å². The largest absolute Gasteiger partial charge is 0.478 e. The predicted octanol–water partition coefficient (Wildman–Crippen LogP) is 5.33. The lowest BCUT2D eigenvalue weighted by molar-refractivity contribution is -0.132. The molecule has 0 amide bonds. The molecule has 0 saturated carbocycles. The minimum atomic E-state index is -0.790. The van der Waals surface area contributed by atoms with Crippen LogP contribution >= 0.6 is 0 Å². The molecule has 0 atom stereocenters. The molecular weight excluding hydrogens is 224 g/mol. The van der Waals surface area contributed by atoms with E-state index in [1.807, 2.05) is 6.08 Å². The molecule has 2 nitrogen and oxygen atoms in total. The van der Waals surface area contributed by atoms with Gasteiger partial charge in [0.25, 0.3) is 0 Å². The van der Waals surface area contributed by atoms with Crippen molar-refractivity contribution in [2.45, 2.75) is 84.5 Å². The third-order valence-electron chi connectivity index (χ3n) is 3.35. The molecule has 0 rings (SSSR count). The average molecular weight is 254 g/mol. The monoisotopic (exact) mass is 254 g/mol. The molecule has 0 saturated heterocycles. The maximum Gasteiger partial charge on any atom is 0.330 e. The Bertz CT molecular complexity index is 231. The van der Waals surface area contributed by atoms with E-state index in [9.17, 15) is 4.79 Å². The normalized spacial score (nSPS) is 11.8. The van der Waals surface area contributed by atoms with Gasteiger partial charge in [0, 0.05) is 5.57 Å². The number of unbranched alkanes of at least 4 members (excludes halogenated alkanes) is 10. The molecule has 0 fully saturated rings. The summed E-state index contributed by atoms with van der Waals surface area (Å²) in [6, 6.07) is 0. The van der Waals surface area contributed by atoms with E-state index in [1.54, 1.807) is 6.92 Å². The molecule has 0 aliphatic heterocycles. The van der Waals surface area contributed by atoms with Gasteiger partial charge in [0.05, 0.1) is 0 Å². The summed E-state index contributed by atoms with van der Waals surface area (Å²) >= 11 is 0. The van der Waals surface area contributed by atoms with Crippen LogP contribution in [0.15, 0.2) is 11.6 Å². The Kier molecular flexibility index (Phi) is 12.1. The van der Waals surface area contributed by atoms with Gasteiger partial charge in [-0.2, -0.15) is 0 Å². The molecule has 0 radical (unpaired) electrons. The fourth-order valence-electron chi connectivity index (χ4n) is 2.04. The Morgan fingerprint density at radius 1 is 0.889 bits per heavy atom. The summed E-state index contributed by atoms with van der Waals surface area (Å²) in [6.45, 7) is 3.92. The van der Waals surface area contributed by atoms with Crippen LogP contribution in [-0.4, -0.2) is 11.1 Å². The molecular formula is C16H30O2. The zero-order chi connectivity index (χ0) is 13.6. The number of aliphatic carboxylic acids is 1. The van der Waals surface area contributed by atoms with Gasteiger partial charge in [-0.3, -0.25) is 0 Å². The summed E-state index contributed by atoms with van der Waals surface area (Å²) in [4.78, 5) is 10.5. The van der Waals surface area contributed by atoms with Gasteiger partial charge in [0.15, 0.2) is 0 Å². The molecule has 106 valence electrons. The molecule has 0 aliphatic carbocycles. The van der Waals surface area contributed by atoms with Crippen molar-refractivity contribution < 1.29 is 9.90 Å². The number of carboxylic acids is 1. The third-order valence-corrected chi connectivity index (χ3v) is 3.35. The molecule has 0 heterocycles. The second-order valence-electron chi connectivity index (χ2n) is 5.16. The third kappa shape index (κ3) is 11.7. The average Bonchev–Trinajstić information content (AvgIpc) is 2.35. The van der Waals surface area contributed by atoms with Crippen LogP contribution in [-0.2, 0) is 4.79 Å². The summed E-state index contributed by atoms with van der Waals surface area (Å²) in [6.07, 6.45) is 16.0. The Hall–Kier alpha value is -0.790. The number of hydrogen-bond acceptors (Lipinski definition) is 1.